The van der Waals surface area contributed by atoms with Gasteiger partial charge in [0.25, 0.3) is 5.91 Å². The summed E-state index contributed by atoms with van der Waals surface area (Å²) in [5.74, 6) is -0.407. The van der Waals surface area contributed by atoms with Crippen LogP contribution in [0.4, 0.5) is 4.79 Å². The van der Waals surface area contributed by atoms with Crippen LogP contribution in [0.3, 0.4) is 0 Å². The molecule has 3 rings (SSSR count). The van der Waals surface area contributed by atoms with E-state index in [1.54, 1.807) is 6.92 Å². The van der Waals surface area contributed by atoms with Crippen molar-refractivity contribution in [2.75, 3.05) is 6.54 Å². The van der Waals surface area contributed by atoms with E-state index in [0.29, 0.717) is 0 Å². The van der Waals surface area contributed by atoms with E-state index in [2.05, 4.69) is 10.6 Å². The van der Waals surface area contributed by atoms with Gasteiger partial charge in [0.1, 0.15) is 5.54 Å². The number of benzene rings is 1. The van der Waals surface area contributed by atoms with E-state index in [-0.39, 0.29) is 30.8 Å². The first kappa shape index (κ1) is 17.5. The summed E-state index contributed by atoms with van der Waals surface area (Å²) in [5, 5.41) is 5.77. The minimum Gasteiger partial charge on any atom is -0.353 e. The minimum absolute atomic E-state index is 0.0965. The third-order valence-corrected chi connectivity index (χ3v) is 5.16. The van der Waals surface area contributed by atoms with Crippen LogP contribution < -0.4 is 10.6 Å². The molecule has 25 heavy (non-hydrogen) atoms. The van der Waals surface area contributed by atoms with Crippen molar-refractivity contribution in [3.05, 3.63) is 35.9 Å². The zero-order valence-electron chi connectivity index (χ0n) is 14.6. The molecule has 0 aromatic heterocycles. The highest BCUT2D eigenvalue weighted by atomic mass is 16.2. The molecule has 1 saturated heterocycles. The normalized spacial score (nSPS) is 24.3. The molecule has 0 radical (unpaired) electrons. The Balaban J connectivity index is 1.58. The number of hydrogen-bond donors (Lipinski definition) is 2. The van der Waals surface area contributed by atoms with E-state index in [1.165, 1.54) is 6.42 Å². The largest absolute Gasteiger partial charge is 0.353 e. The maximum atomic E-state index is 12.8. The molecule has 6 heteroatoms. The third kappa shape index (κ3) is 3.67. The summed E-state index contributed by atoms with van der Waals surface area (Å²) >= 11 is 0. The molecule has 0 bridgehead atoms. The van der Waals surface area contributed by atoms with Gasteiger partial charge in [-0.3, -0.25) is 14.5 Å². The number of hydrogen-bond acceptors (Lipinski definition) is 3. The molecule has 1 saturated carbocycles. The van der Waals surface area contributed by atoms with Crippen LogP contribution in [0.25, 0.3) is 0 Å². The van der Waals surface area contributed by atoms with Crippen molar-refractivity contribution in [2.24, 2.45) is 0 Å². The molecule has 1 atom stereocenters. The molecule has 1 aromatic carbocycles. The highest BCUT2D eigenvalue weighted by Crippen LogP contribution is 2.28. The molecule has 1 unspecified atom stereocenters. The Morgan fingerprint density at radius 2 is 1.88 bits per heavy atom. The number of carbonyl (C=O) groups is 3. The second kappa shape index (κ2) is 7.25. The lowest BCUT2D eigenvalue weighted by molar-refractivity contribution is -0.131. The Kier molecular flexibility index (Phi) is 5.06. The molecule has 1 aromatic rings. The number of nitrogens with zero attached hydrogens (tertiary/aromatic N) is 1. The Morgan fingerprint density at radius 1 is 1.20 bits per heavy atom. The van der Waals surface area contributed by atoms with E-state index < -0.39 is 11.6 Å². The lowest BCUT2D eigenvalue weighted by Gasteiger charge is -2.23. The number of amides is 4. The fourth-order valence-electron chi connectivity index (χ4n) is 3.63. The van der Waals surface area contributed by atoms with Crippen molar-refractivity contribution in [3.63, 3.8) is 0 Å². The first-order valence-corrected chi connectivity index (χ1v) is 9.00. The summed E-state index contributed by atoms with van der Waals surface area (Å²) in [5.41, 5.74) is -0.333. The summed E-state index contributed by atoms with van der Waals surface area (Å²) in [6.07, 6.45) is 5.69. The van der Waals surface area contributed by atoms with Gasteiger partial charge in [0, 0.05) is 19.0 Å². The molecule has 2 fully saturated rings. The van der Waals surface area contributed by atoms with Crippen LogP contribution >= 0.6 is 0 Å². The molecule has 0 spiro atoms. The average Bonchev–Trinajstić information content (AvgIpc) is 2.85. The Bertz CT molecular complexity index is 655. The van der Waals surface area contributed by atoms with Crippen LogP contribution in [0.5, 0.6) is 0 Å². The molecular weight excluding hydrogens is 318 g/mol. The van der Waals surface area contributed by atoms with Gasteiger partial charge in [-0.05, 0) is 25.3 Å². The predicted octanol–water partition coefficient (Wildman–Crippen LogP) is 2.29. The van der Waals surface area contributed by atoms with Gasteiger partial charge in [0.2, 0.25) is 5.91 Å². The number of urea groups is 1. The van der Waals surface area contributed by atoms with Crippen molar-refractivity contribution < 1.29 is 14.4 Å². The predicted molar refractivity (Wildman–Crippen MR) is 93.7 cm³/mol. The highest BCUT2D eigenvalue weighted by molar-refractivity contribution is 6.07. The molecule has 2 aliphatic rings. The average molecular weight is 343 g/mol. The van der Waals surface area contributed by atoms with Crippen LogP contribution in [0.15, 0.2) is 30.3 Å². The van der Waals surface area contributed by atoms with Crippen LogP contribution in [-0.2, 0) is 15.1 Å². The number of imide groups is 1. The summed E-state index contributed by atoms with van der Waals surface area (Å²) in [6, 6.07) is 8.96. The summed E-state index contributed by atoms with van der Waals surface area (Å²) < 4.78 is 0. The second-order valence-corrected chi connectivity index (χ2v) is 7.03. The van der Waals surface area contributed by atoms with Gasteiger partial charge in [-0.2, -0.15) is 0 Å². The summed E-state index contributed by atoms with van der Waals surface area (Å²) in [4.78, 5) is 38.3. The van der Waals surface area contributed by atoms with Crippen LogP contribution in [0.1, 0.15) is 51.0 Å². The van der Waals surface area contributed by atoms with Gasteiger partial charge in [0.15, 0.2) is 0 Å². The second-order valence-electron chi connectivity index (χ2n) is 7.03. The summed E-state index contributed by atoms with van der Waals surface area (Å²) in [6.45, 7) is 1.80. The van der Waals surface area contributed by atoms with Gasteiger partial charge >= 0.3 is 6.03 Å². The van der Waals surface area contributed by atoms with Crippen molar-refractivity contribution in [3.8, 4) is 0 Å². The number of nitrogens with one attached hydrogen (secondary N) is 2. The quantitative estimate of drug-likeness (QED) is 0.805. The Labute approximate surface area is 148 Å². The minimum atomic E-state index is -1.07. The van der Waals surface area contributed by atoms with Crippen LogP contribution in [-0.4, -0.2) is 35.3 Å². The van der Waals surface area contributed by atoms with Crippen LogP contribution in [0.2, 0.25) is 0 Å². The van der Waals surface area contributed by atoms with Gasteiger partial charge in [-0.25, -0.2) is 4.79 Å². The standard InChI is InChI=1S/C19H25N3O3/c1-19(14-8-4-2-5-9-14)17(24)22(18(25)21-19)13-12-16(23)20-15-10-6-3-7-11-15/h2,4-5,8-9,15H,3,6-7,10-13H2,1H3,(H,20,23)(H,21,25). The molecule has 4 amide bonds. The topological polar surface area (TPSA) is 78.5 Å². The molecule has 1 heterocycles. The van der Waals surface area contributed by atoms with E-state index in [0.717, 1.165) is 36.1 Å². The Hall–Kier alpha value is -2.37. The molecular formula is C19H25N3O3. The fraction of sp³-hybridized carbons (Fsp3) is 0.526. The van der Waals surface area contributed by atoms with E-state index in [4.69, 9.17) is 0 Å². The zero-order valence-corrected chi connectivity index (χ0v) is 14.6. The van der Waals surface area contributed by atoms with Crippen LogP contribution in [0, 0.1) is 0 Å². The SMILES string of the molecule is CC1(c2ccccc2)NC(=O)N(CCC(=O)NC2CCCCC2)C1=O. The smallest absolute Gasteiger partial charge is 0.325 e. The van der Waals surface area contributed by atoms with E-state index in [9.17, 15) is 14.4 Å². The van der Waals surface area contributed by atoms with E-state index in [1.807, 2.05) is 30.3 Å². The fourth-order valence-corrected chi connectivity index (χ4v) is 3.63. The molecule has 1 aliphatic carbocycles. The molecule has 2 N–H and O–H groups in total. The van der Waals surface area contributed by atoms with Crippen molar-refractivity contribution in [1.29, 1.82) is 0 Å². The maximum Gasteiger partial charge on any atom is 0.325 e. The third-order valence-electron chi connectivity index (χ3n) is 5.16. The van der Waals surface area contributed by atoms with Crippen molar-refractivity contribution in [1.82, 2.24) is 15.5 Å². The lowest BCUT2D eigenvalue weighted by Crippen LogP contribution is -2.41. The van der Waals surface area contributed by atoms with E-state index >= 15 is 0 Å². The maximum absolute atomic E-state index is 12.8. The zero-order chi connectivity index (χ0) is 17.9. The first-order chi connectivity index (χ1) is 12.0. The molecule has 1 aliphatic heterocycles. The molecule has 134 valence electrons. The van der Waals surface area contributed by atoms with Gasteiger partial charge < -0.3 is 10.6 Å². The van der Waals surface area contributed by atoms with Gasteiger partial charge in [0.05, 0.1) is 0 Å². The first-order valence-electron chi connectivity index (χ1n) is 9.00. The number of rotatable bonds is 5. The Morgan fingerprint density at radius 3 is 2.56 bits per heavy atom. The highest BCUT2D eigenvalue weighted by Gasteiger charge is 2.48. The van der Waals surface area contributed by atoms with Gasteiger partial charge in [-0.1, -0.05) is 49.6 Å². The number of carbonyl (C=O) groups excluding carboxylic acids is 3. The lowest BCUT2D eigenvalue weighted by atomic mass is 9.92. The molecule has 6 nitrogen and oxygen atoms in total. The summed E-state index contributed by atoms with van der Waals surface area (Å²) in [7, 11) is 0. The van der Waals surface area contributed by atoms with Crippen molar-refractivity contribution >= 4 is 17.8 Å². The van der Waals surface area contributed by atoms with Crippen molar-refractivity contribution in [2.45, 2.75) is 57.0 Å². The monoisotopic (exact) mass is 343 g/mol. The van der Waals surface area contributed by atoms with Gasteiger partial charge in [-0.15, -0.1) is 0 Å².